The molecule has 0 aliphatic rings. The van der Waals surface area contributed by atoms with Gasteiger partial charge in [0.25, 0.3) is 0 Å². The molecule has 0 radical (unpaired) electrons. The van der Waals surface area contributed by atoms with E-state index in [9.17, 15) is 0 Å². The van der Waals surface area contributed by atoms with Crippen molar-refractivity contribution in [1.29, 1.82) is 0 Å². The zero-order chi connectivity index (χ0) is 14.1. The number of fused-ring (bicyclic) bond motifs is 1. The fraction of sp³-hybridized carbons (Fsp3) is 0.118. The number of rotatable bonds is 2. The van der Waals surface area contributed by atoms with Gasteiger partial charge in [0.2, 0.25) is 0 Å². The van der Waals surface area contributed by atoms with Crippen molar-refractivity contribution in [3.05, 3.63) is 58.7 Å². The highest BCUT2D eigenvalue weighted by Crippen LogP contribution is 2.29. The maximum atomic E-state index is 5.33. The summed E-state index contributed by atoms with van der Waals surface area (Å²) in [5, 5.41) is 1.18. The SMILES string of the molecule is COc1ccc(-c2cc(=S)[nH]c3ccc(C)cc23)cc1. The second-order valence-corrected chi connectivity index (χ2v) is 5.26. The Bertz CT molecular complexity index is 819. The van der Waals surface area contributed by atoms with E-state index in [0.717, 1.165) is 27.0 Å². The molecule has 100 valence electrons. The van der Waals surface area contributed by atoms with Gasteiger partial charge in [-0.3, -0.25) is 0 Å². The van der Waals surface area contributed by atoms with Crippen molar-refractivity contribution < 1.29 is 4.74 Å². The average Bonchev–Trinajstić information content (AvgIpc) is 2.47. The number of pyridine rings is 1. The number of ether oxygens (including phenoxy) is 1. The number of aryl methyl sites for hydroxylation is 1. The van der Waals surface area contributed by atoms with E-state index in [4.69, 9.17) is 17.0 Å². The first-order chi connectivity index (χ1) is 9.67. The van der Waals surface area contributed by atoms with Crippen LogP contribution in [0.15, 0.2) is 48.5 Å². The van der Waals surface area contributed by atoms with Gasteiger partial charge in [0.15, 0.2) is 0 Å². The molecule has 2 aromatic carbocycles. The van der Waals surface area contributed by atoms with Gasteiger partial charge in [-0.05, 0) is 48.4 Å². The summed E-state index contributed by atoms with van der Waals surface area (Å²) in [5.41, 5.74) is 4.59. The summed E-state index contributed by atoms with van der Waals surface area (Å²) in [5.74, 6) is 0.857. The highest BCUT2D eigenvalue weighted by molar-refractivity contribution is 7.71. The number of hydrogen-bond donors (Lipinski definition) is 1. The third-order valence-corrected chi connectivity index (χ3v) is 3.62. The maximum absolute atomic E-state index is 5.33. The molecule has 0 aliphatic heterocycles. The molecule has 3 heteroatoms. The minimum atomic E-state index is 0.743. The number of aromatic amines is 1. The van der Waals surface area contributed by atoms with Crippen molar-refractivity contribution in [2.75, 3.05) is 7.11 Å². The van der Waals surface area contributed by atoms with Crippen molar-refractivity contribution in [3.63, 3.8) is 0 Å². The largest absolute Gasteiger partial charge is 0.497 e. The van der Waals surface area contributed by atoms with Gasteiger partial charge >= 0.3 is 0 Å². The van der Waals surface area contributed by atoms with Crippen LogP contribution >= 0.6 is 12.2 Å². The number of nitrogens with one attached hydrogen (secondary N) is 1. The first-order valence-electron chi connectivity index (χ1n) is 6.45. The van der Waals surface area contributed by atoms with Gasteiger partial charge in [0, 0.05) is 10.9 Å². The molecule has 20 heavy (non-hydrogen) atoms. The molecule has 1 heterocycles. The van der Waals surface area contributed by atoms with Crippen LogP contribution in [-0.2, 0) is 0 Å². The average molecular weight is 281 g/mol. The third-order valence-electron chi connectivity index (χ3n) is 3.40. The van der Waals surface area contributed by atoms with Crippen LogP contribution in [-0.4, -0.2) is 12.1 Å². The summed E-state index contributed by atoms with van der Waals surface area (Å²) in [6, 6.07) is 16.4. The summed E-state index contributed by atoms with van der Waals surface area (Å²) in [6.07, 6.45) is 0. The zero-order valence-electron chi connectivity index (χ0n) is 11.4. The number of methoxy groups -OCH3 is 1. The Balaban J connectivity index is 2.28. The van der Waals surface area contributed by atoms with E-state index in [0.29, 0.717) is 0 Å². The van der Waals surface area contributed by atoms with Crippen molar-refractivity contribution in [2.24, 2.45) is 0 Å². The fourth-order valence-electron chi connectivity index (χ4n) is 2.38. The van der Waals surface area contributed by atoms with Crippen LogP contribution in [0.5, 0.6) is 5.75 Å². The molecule has 0 unspecified atom stereocenters. The van der Waals surface area contributed by atoms with Gasteiger partial charge in [-0.25, -0.2) is 0 Å². The second-order valence-electron chi connectivity index (χ2n) is 4.82. The fourth-order valence-corrected chi connectivity index (χ4v) is 2.60. The highest BCUT2D eigenvalue weighted by Gasteiger charge is 2.05. The molecule has 0 aliphatic carbocycles. The Kier molecular flexibility index (Phi) is 3.28. The van der Waals surface area contributed by atoms with Gasteiger partial charge in [-0.1, -0.05) is 36.0 Å². The summed E-state index contributed by atoms with van der Waals surface area (Å²) in [7, 11) is 1.67. The molecule has 3 rings (SSSR count). The van der Waals surface area contributed by atoms with Crippen molar-refractivity contribution >= 4 is 23.1 Å². The van der Waals surface area contributed by atoms with Gasteiger partial charge in [0.05, 0.1) is 7.11 Å². The zero-order valence-corrected chi connectivity index (χ0v) is 12.3. The summed E-state index contributed by atoms with van der Waals surface area (Å²) in [4.78, 5) is 3.24. The normalized spacial score (nSPS) is 10.7. The molecule has 0 atom stereocenters. The molecule has 0 saturated heterocycles. The molecule has 0 bridgehead atoms. The molecule has 0 amide bonds. The molecule has 3 aromatic rings. The lowest BCUT2D eigenvalue weighted by Crippen LogP contribution is -1.88. The van der Waals surface area contributed by atoms with Gasteiger partial charge in [-0.2, -0.15) is 0 Å². The predicted molar refractivity (Wildman–Crippen MR) is 85.9 cm³/mol. The van der Waals surface area contributed by atoms with E-state index in [1.807, 2.05) is 18.2 Å². The van der Waals surface area contributed by atoms with E-state index in [2.05, 4.69) is 42.2 Å². The number of H-pyrrole nitrogens is 1. The Morgan fingerprint density at radius 2 is 1.75 bits per heavy atom. The lowest BCUT2D eigenvalue weighted by atomic mass is 10.00. The lowest BCUT2D eigenvalue weighted by Gasteiger charge is -2.09. The Morgan fingerprint density at radius 3 is 2.45 bits per heavy atom. The summed E-state index contributed by atoms with van der Waals surface area (Å²) in [6.45, 7) is 2.10. The Labute approximate surface area is 123 Å². The van der Waals surface area contributed by atoms with Crippen LogP contribution in [0.3, 0.4) is 0 Å². The molecular weight excluding hydrogens is 266 g/mol. The second kappa shape index (κ2) is 5.10. The molecule has 0 fully saturated rings. The van der Waals surface area contributed by atoms with Crippen molar-refractivity contribution in [2.45, 2.75) is 6.92 Å². The van der Waals surface area contributed by atoms with Crippen molar-refractivity contribution in [3.8, 4) is 16.9 Å². The lowest BCUT2D eigenvalue weighted by molar-refractivity contribution is 0.415. The standard InChI is InChI=1S/C17H15NOS/c1-11-3-8-16-15(9-11)14(10-17(20)18-16)12-4-6-13(19-2)7-5-12/h3-10H,1-2H3,(H,18,20). The maximum Gasteiger partial charge on any atom is 0.118 e. The first kappa shape index (κ1) is 12.9. The van der Waals surface area contributed by atoms with Crippen LogP contribution in [0.1, 0.15) is 5.56 Å². The van der Waals surface area contributed by atoms with Gasteiger partial charge < -0.3 is 9.72 Å². The minimum Gasteiger partial charge on any atom is -0.497 e. The Hall–Kier alpha value is -2.13. The van der Waals surface area contributed by atoms with Crippen LogP contribution in [0.25, 0.3) is 22.0 Å². The molecule has 0 saturated carbocycles. The highest BCUT2D eigenvalue weighted by atomic mass is 32.1. The predicted octanol–water partition coefficient (Wildman–Crippen LogP) is 4.88. The van der Waals surface area contributed by atoms with E-state index in [-0.39, 0.29) is 0 Å². The van der Waals surface area contributed by atoms with Crippen LogP contribution < -0.4 is 4.74 Å². The molecular formula is C17H15NOS. The molecule has 1 N–H and O–H groups in total. The quantitative estimate of drug-likeness (QED) is 0.677. The monoisotopic (exact) mass is 281 g/mol. The minimum absolute atomic E-state index is 0.743. The number of hydrogen-bond acceptors (Lipinski definition) is 2. The van der Waals surface area contributed by atoms with Crippen LogP contribution in [0.2, 0.25) is 0 Å². The summed E-state index contributed by atoms with van der Waals surface area (Å²) < 4.78 is 5.95. The smallest absolute Gasteiger partial charge is 0.118 e. The van der Waals surface area contributed by atoms with Gasteiger partial charge in [-0.15, -0.1) is 0 Å². The molecule has 0 spiro atoms. The molecule has 1 aromatic heterocycles. The number of aromatic nitrogens is 1. The van der Waals surface area contributed by atoms with Crippen LogP contribution in [0.4, 0.5) is 0 Å². The summed E-state index contributed by atoms with van der Waals surface area (Å²) >= 11 is 5.33. The Morgan fingerprint density at radius 1 is 1.00 bits per heavy atom. The van der Waals surface area contributed by atoms with Crippen LogP contribution in [0, 0.1) is 11.6 Å². The first-order valence-corrected chi connectivity index (χ1v) is 6.86. The van der Waals surface area contributed by atoms with E-state index in [1.54, 1.807) is 7.11 Å². The van der Waals surface area contributed by atoms with Gasteiger partial charge in [0.1, 0.15) is 10.4 Å². The molecule has 2 nitrogen and oxygen atoms in total. The topological polar surface area (TPSA) is 25.0 Å². The van der Waals surface area contributed by atoms with E-state index < -0.39 is 0 Å². The third kappa shape index (κ3) is 2.32. The van der Waals surface area contributed by atoms with E-state index in [1.165, 1.54) is 10.9 Å². The van der Waals surface area contributed by atoms with E-state index >= 15 is 0 Å². The number of benzene rings is 2. The van der Waals surface area contributed by atoms with Crippen molar-refractivity contribution in [1.82, 2.24) is 4.98 Å².